The number of carbonyl (C=O) groups excluding carboxylic acids is 1. The molecule has 0 aliphatic rings. The number of aromatic nitrogens is 2. The maximum absolute atomic E-state index is 11.6. The molecule has 0 aliphatic heterocycles. The fourth-order valence-corrected chi connectivity index (χ4v) is 2.92. The van der Waals surface area contributed by atoms with Crippen molar-refractivity contribution in [1.82, 2.24) is 10.2 Å². The van der Waals surface area contributed by atoms with Crippen LogP contribution < -0.4 is 9.47 Å². The van der Waals surface area contributed by atoms with Crippen LogP contribution in [0.15, 0.2) is 58.2 Å². The lowest BCUT2D eigenvalue weighted by atomic mass is 10.1. The van der Waals surface area contributed by atoms with E-state index in [1.54, 1.807) is 36.4 Å². The predicted octanol–water partition coefficient (Wildman–Crippen LogP) is 4.68. The van der Waals surface area contributed by atoms with Crippen molar-refractivity contribution in [1.29, 1.82) is 0 Å². The molecule has 0 bridgehead atoms. The van der Waals surface area contributed by atoms with Crippen molar-refractivity contribution in [3.8, 4) is 11.5 Å². The van der Waals surface area contributed by atoms with Crippen LogP contribution in [0.5, 0.6) is 11.5 Å². The zero-order valence-corrected chi connectivity index (χ0v) is 16.1. The first-order valence-corrected chi connectivity index (χ1v) is 9.54. The van der Waals surface area contributed by atoms with Crippen molar-refractivity contribution in [3.05, 3.63) is 65.0 Å². The summed E-state index contributed by atoms with van der Waals surface area (Å²) in [5.41, 5.74) is 0.571. The van der Waals surface area contributed by atoms with Crippen LogP contribution in [0.4, 0.5) is 0 Å². The van der Waals surface area contributed by atoms with Gasteiger partial charge in [-0.2, -0.15) is 0 Å². The number of thioether (sulfide) groups is 1. The molecule has 0 amide bonds. The maximum atomic E-state index is 11.6. The van der Waals surface area contributed by atoms with Crippen molar-refractivity contribution in [2.24, 2.45) is 0 Å². The SMILES string of the molecule is CC(=O)c1ccccc1OCCSc1nnc(COc2ccc(Cl)cc2)o1. The van der Waals surface area contributed by atoms with E-state index in [1.165, 1.54) is 18.7 Å². The second-order valence-corrected chi connectivity index (χ2v) is 6.94. The number of benzene rings is 2. The molecule has 0 spiro atoms. The van der Waals surface area contributed by atoms with Crippen LogP contribution in [0.1, 0.15) is 23.2 Å². The molecule has 27 heavy (non-hydrogen) atoms. The lowest BCUT2D eigenvalue weighted by Gasteiger charge is -2.08. The molecule has 0 aliphatic carbocycles. The highest BCUT2D eigenvalue weighted by molar-refractivity contribution is 7.99. The van der Waals surface area contributed by atoms with Gasteiger partial charge in [-0.15, -0.1) is 10.2 Å². The van der Waals surface area contributed by atoms with Crippen molar-refractivity contribution < 1.29 is 18.7 Å². The van der Waals surface area contributed by atoms with Crippen LogP contribution in [0.3, 0.4) is 0 Å². The number of nitrogens with zero attached hydrogens (tertiary/aromatic N) is 2. The molecule has 0 saturated heterocycles. The van der Waals surface area contributed by atoms with Gasteiger partial charge in [0.15, 0.2) is 12.4 Å². The minimum absolute atomic E-state index is 0.0273. The number of hydrogen-bond acceptors (Lipinski definition) is 7. The molecule has 1 heterocycles. The van der Waals surface area contributed by atoms with E-state index < -0.39 is 0 Å². The van der Waals surface area contributed by atoms with Gasteiger partial charge in [-0.05, 0) is 43.3 Å². The van der Waals surface area contributed by atoms with Crippen LogP contribution in [0.2, 0.25) is 5.02 Å². The predicted molar refractivity (Wildman–Crippen MR) is 103 cm³/mol. The molecule has 0 fully saturated rings. The van der Waals surface area contributed by atoms with E-state index in [4.69, 9.17) is 25.5 Å². The number of ether oxygens (including phenoxy) is 2. The lowest BCUT2D eigenvalue weighted by Crippen LogP contribution is -2.04. The van der Waals surface area contributed by atoms with Gasteiger partial charge in [0.2, 0.25) is 0 Å². The minimum Gasteiger partial charge on any atom is -0.492 e. The normalized spacial score (nSPS) is 10.6. The minimum atomic E-state index is -0.0273. The highest BCUT2D eigenvalue weighted by Gasteiger charge is 2.09. The number of carbonyl (C=O) groups is 1. The van der Waals surface area contributed by atoms with E-state index in [0.717, 1.165) is 0 Å². The molecule has 8 heteroatoms. The van der Waals surface area contributed by atoms with Gasteiger partial charge in [-0.25, -0.2) is 0 Å². The summed E-state index contributed by atoms with van der Waals surface area (Å²) < 4.78 is 16.8. The third-order valence-electron chi connectivity index (χ3n) is 3.46. The standard InChI is InChI=1S/C19H17ClN2O4S/c1-13(23)16-4-2-3-5-17(16)24-10-11-27-19-22-21-18(26-19)12-25-15-8-6-14(20)7-9-15/h2-9H,10-12H2,1H3. The maximum Gasteiger partial charge on any atom is 0.276 e. The highest BCUT2D eigenvalue weighted by atomic mass is 35.5. The van der Waals surface area contributed by atoms with Gasteiger partial charge >= 0.3 is 0 Å². The Morgan fingerprint density at radius 1 is 1.11 bits per heavy atom. The Labute approximate surface area is 165 Å². The summed E-state index contributed by atoms with van der Waals surface area (Å²) >= 11 is 7.20. The third-order valence-corrected chi connectivity index (χ3v) is 4.49. The molecule has 0 atom stereocenters. The van der Waals surface area contributed by atoms with Gasteiger partial charge in [-0.1, -0.05) is 35.5 Å². The number of halogens is 1. The average molecular weight is 405 g/mol. The molecule has 3 rings (SSSR count). The summed E-state index contributed by atoms with van der Waals surface area (Å²) in [6, 6.07) is 14.2. The van der Waals surface area contributed by atoms with E-state index in [2.05, 4.69) is 10.2 Å². The van der Waals surface area contributed by atoms with E-state index in [1.807, 2.05) is 12.1 Å². The molecule has 6 nitrogen and oxygen atoms in total. The average Bonchev–Trinajstić information content (AvgIpc) is 3.13. The number of ketones is 1. The lowest BCUT2D eigenvalue weighted by molar-refractivity contribution is 0.101. The Morgan fingerprint density at radius 2 is 1.89 bits per heavy atom. The zero-order valence-electron chi connectivity index (χ0n) is 14.6. The van der Waals surface area contributed by atoms with E-state index in [0.29, 0.717) is 45.6 Å². The Balaban J connectivity index is 1.43. The molecule has 3 aromatic rings. The number of Topliss-reactive ketones (excluding diaryl/α,β-unsaturated/α-hetero) is 1. The Kier molecular flexibility index (Phi) is 6.73. The fraction of sp³-hybridized carbons (Fsp3) is 0.211. The first-order valence-electron chi connectivity index (χ1n) is 8.18. The van der Waals surface area contributed by atoms with Crippen molar-refractivity contribution in [2.75, 3.05) is 12.4 Å². The van der Waals surface area contributed by atoms with Gasteiger partial charge in [0.05, 0.1) is 12.2 Å². The summed E-state index contributed by atoms with van der Waals surface area (Å²) in [5.74, 6) is 2.21. The van der Waals surface area contributed by atoms with Gasteiger partial charge in [0.1, 0.15) is 11.5 Å². The summed E-state index contributed by atoms with van der Waals surface area (Å²) in [5, 5.41) is 9.00. The van der Waals surface area contributed by atoms with Crippen LogP contribution in [0, 0.1) is 0 Å². The Bertz CT molecular complexity index is 899. The zero-order chi connectivity index (χ0) is 19.1. The molecule has 0 saturated carbocycles. The van der Waals surface area contributed by atoms with Crippen molar-refractivity contribution in [2.45, 2.75) is 18.8 Å². The van der Waals surface area contributed by atoms with Crippen molar-refractivity contribution in [3.63, 3.8) is 0 Å². The molecule has 0 unspecified atom stereocenters. The number of para-hydroxylation sites is 1. The van der Waals surface area contributed by atoms with E-state index in [-0.39, 0.29) is 12.4 Å². The largest absolute Gasteiger partial charge is 0.492 e. The molecule has 140 valence electrons. The van der Waals surface area contributed by atoms with Gasteiger partial charge in [0, 0.05) is 10.8 Å². The monoisotopic (exact) mass is 404 g/mol. The molecule has 0 N–H and O–H groups in total. The summed E-state index contributed by atoms with van der Waals surface area (Å²) in [4.78, 5) is 11.6. The summed E-state index contributed by atoms with van der Waals surface area (Å²) in [7, 11) is 0. The molecule has 0 radical (unpaired) electrons. The molecular formula is C19H17ClN2O4S. The fourth-order valence-electron chi connectivity index (χ4n) is 2.19. The quantitative estimate of drug-likeness (QED) is 0.291. The summed E-state index contributed by atoms with van der Waals surface area (Å²) in [6.45, 7) is 2.11. The van der Waals surface area contributed by atoms with Gasteiger partial charge in [-0.3, -0.25) is 4.79 Å². The first kappa shape index (κ1) is 19.3. The van der Waals surface area contributed by atoms with Crippen LogP contribution >= 0.6 is 23.4 Å². The van der Waals surface area contributed by atoms with Gasteiger partial charge in [0.25, 0.3) is 11.1 Å². The molecule has 2 aromatic carbocycles. The topological polar surface area (TPSA) is 74.5 Å². The van der Waals surface area contributed by atoms with E-state index in [9.17, 15) is 4.79 Å². The third kappa shape index (κ3) is 5.74. The first-order chi connectivity index (χ1) is 13.1. The van der Waals surface area contributed by atoms with Crippen LogP contribution in [0.25, 0.3) is 0 Å². The Hall–Kier alpha value is -2.51. The van der Waals surface area contributed by atoms with Crippen molar-refractivity contribution >= 4 is 29.1 Å². The highest BCUT2D eigenvalue weighted by Crippen LogP contribution is 2.21. The van der Waals surface area contributed by atoms with E-state index >= 15 is 0 Å². The second-order valence-electron chi connectivity index (χ2n) is 5.45. The summed E-state index contributed by atoms with van der Waals surface area (Å²) in [6.07, 6.45) is 0. The smallest absolute Gasteiger partial charge is 0.276 e. The Morgan fingerprint density at radius 3 is 2.67 bits per heavy atom. The molecule has 1 aromatic heterocycles. The molecular weight excluding hydrogens is 388 g/mol. The van der Waals surface area contributed by atoms with Gasteiger partial charge < -0.3 is 13.9 Å². The van der Waals surface area contributed by atoms with Crippen LogP contribution in [-0.2, 0) is 6.61 Å². The number of hydrogen-bond donors (Lipinski definition) is 0. The second kappa shape index (κ2) is 9.43. The number of rotatable bonds is 9. The van der Waals surface area contributed by atoms with Crippen LogP contribution in [-0.4, -0.2) is 28.3 Å².